The second-order valence-corrected chi connectivity index (χ2v) is 5.29. The molecule has 0 fully saturated rings. The topological polar surface area (TPSA) is 0 Å². The summed E-state index contributed by atoms with van der Waals surface area (Å²) in [4.78, 5) is 0. The van der Waals surface area contributed by atoms with Gasteiger partial charge in [-0.15, -0.1) is 0 Å². The summed E-state index contributed by atoms with van der Waals surface area (Å²) >= 11 is 0. The van der Waals surface area contributed by atoms with E-state index in [9.17, 15) is 4.32 Å². The van der Waals surface area contributed by atoms with Crippen molar-refractivity contribution in [1.82, 2.24) is 0 Å². The molecule has 1 radical (unpaired) electrons. The van der Waals surface area contributed by atoms with Gasteiger partial charge in [-0.3, -0.25) is 0 Å². The van der Waals surface area contributed by atoms with Crippen LogP contribution in [0.2, 0.25) is 5.82 Å². The lowest BCUT2D eigenvalue weighted by Crippen LogP contribution is -1.99. The van der Waals surface area contributed by atoms with Gasteiger partial charge in [0.2, 0.25) is 0 Å². The maximum atomic E-state index is 12.7. The predicted octanol–water partition coefficient (Wildman–Crippen LogP) is 6.08. The lowest BCUT2D eigenvalue weighted by molar-refractivity contribution is 0.529. The second-order valence-electron chi connectivity index (χ2n) is 5.29. The van der Waals surface area contributed by atoms with Crippen molar-refractivity contribution in [2.45, 2.75) is 96.7 Å². The first-order valence-corrected chi connectivity index (χ1v) is 7.78. The first-order chi connectivity index (χ1) is 8.35. The third-order valence-electron chi connectivity index (χ3n) is 3.54. The van der Waals surface area contributed by atoms with Crippen molar-refractivity contribution in [3.63, 3.8) is 0 Å². The van der Waals surface area contributed by atoms with Gasteiger partial charge in [0, 0.05) is 0 Å². The molecule has 0 nitrogen and oxygen atoms in total. The fraction of sp³-hybridized carbons (Fsp3) is 1.00. The van der Waals surface area contributed by atoms with Crippen LogP contribution >= 0.6 is 0 Å². The van der Waals surface area contributed by atoms with Crippen LogP contribution in [0.4, 0.5) is 4.32 Å². The first-order valence-electron chi connectivity index (χ1n) is 7.78. The summed E-state index contributed by atoms with van der Waals surface area (Å²) in [5.74, 6) is 0.234. The van der Waals surface area contributed by atoms with E-state index in [4.69, 9.17) is 0 Å². The molecule has 0 atom stereocenters. The zero-order valence-electron chi connectivity index (χ0n) is 12.0. The Morgan fingerprint density at radius 3 is 1.47 bits per heavy atom. The van der Waals surface area contributed by atoms with Crippen LogP contribution in [0.15, 0.2) is 0 Å². The number of hydrogen-bond acceptors (Lipinski definition) is 0. The third kappa shape index (κ3) is 12.2. The van der Waals surface area contributed by atoms with Crippen LogP contribution in [0.1, 0.15) is 90.9 Å². The number of hydrogen-bond donors (Lipinski definition) is 0. The van der Waals surface area contributed by atoms with Crippen LogP contribution < -0.4 is 0 Å². The highest BCUT2D eigenvalue weighted by molar-refractivity contribution is 6.28. The highest BCUT2D eigenvalue weighted by Gasteiger charge is 2.10. The normalized spacial score (nSPS) is 11.1. The van der Waals surface area contributed by atoms with E-state index in [1.165, 1.54) is 64.2 Å². The molecular weight excluding hydrogens is 210 g/mol. The molecular formula is C15H31BF. The maximum absolute atomic E-state index is 12.7. The molecule has 0 aromatic carbocycles. The van der Waals surface area contributed by atoms with E-state index in [0.29, 0.717) is 0 Å². The van der Waals surface area contributed by atoms with Crippen LogP contribution in [0.5, 0.6) is 0 Å². The van der Waals surface area contributed by atoms with Crippen molar-refractivity contribution in [2.75, 3.05) is 0 Å². The number of rotatable bonds is 13. The average Bonchev–Trinajstić information content (AvgIpc) is 2.36. The van der Waals surface area contributed by atoms with Crippen LogP contribution in [-0.2, 0) is 0 Å². The minimum Gasteiger partial charge on any atom is -0.342 e. The van der Waals surface area contributed by atoms with Gasteiger partial charge in [-0.25, -0.2) is 0 Å². The van der Waals surface area contributed by atoms with Gasteiger partial charge in [0.25, 0.3) is 0 Å². The molecule has 0 saturated carbocycles. The highest BCUT2D eigenvalue weighted by atomic mass is 19.1. The Morgan fingerprint density at radius 2 is 1.12 bits per heavy atom. The zero-order chi connectivity index (χ0) is 12.8. The molecule has 0 aromatic rings. The Balaban J connectivity index is 3.30. The van der Waals surface area contributed by atoms with E-state index in [2.05, 4.69) is 13.8 Å². The largest absolute Gasteiger partial charge is 0.357 e. The quantitative estimate of drug-likeness (QED) is 0.270. The van der Waals surface area contributed by atoms with E-state index < -0.39 is 0 Å². The molecule has 0 aliphatic rings. The SMILES string of the molecule is CCCCCCCC([B]F)CCCCCCC. The lowest BCUT2D eigenvalue weighted by Gasteiger charge is -2.11. The minimum absolute atomic E-state index is 0.234. The van der Waals surface area contributed by atoms with E-state index >= 15 is 0 Å². The maximum Gasteiger partial charge on any atom is 0.357 e. The molecule has 0 bridgehead atoms. The van der Waals surface area contributed by atoms with Crippen molar-refractivity contribution < 1.29 is 4.32 Å². The van der Waals surface area contributed by atoms with E-state index in [1.807, 2.05) is 0 Å². The summed E-state index contributed by atoms with van der Waals surface area (Å²) < 4.78 is 12.7. The number of unbranched alkanes of at least 4 members (excludes halogenated alkanes) is 8. The summed E-state index contributed by atoms with van der Waals surface area (Å²) in [5.41, 5.74) is 0. The standard InChI is InChI=1S/C15H31BF/c1-3-5-7-9-11-13-15(16-17)14-12-10-8-6-4-2/h15H,3-14H2,1-2H3. The first kappa shape index (κ1) is 17.0. The Bertz CT molecular complexity index is 125. The molecule has 0 unspecified atom stereocenters. The molecule has 17 heavy (non-hydrogen) atoms. The highest BCUT2D eigenvalue weighted by Crippen LogP contribution is 2.23. The Labute approximate surface area is 109 Å². The Morgan fingerprint density at radius 1 is 0.706 bits per heavy atom. The predicted molar refractivity (Wildman–Crippen MR) is 77.4 cm³/mol. The average molecular weight is 241 g/mol. The molecule has 0 heterocycles. The summed E-state index contributed by atoms with van der Waals surface area (Å²) in [5, 5.41) is 0. The molecule has 2 heteroatoms. The fourth-order valence-corrected chi connectivity index (χ4v) is 2.29. The van der Waals surface area contributed by atoms with Crippen LogP contribution in [-0.4, -0.2) is 7.56 Å². The molecule has 0 amide bonds. The van der Waals surface area contributed by atoms with E-state index in [0.717, 1.165) is 20.4 Å². The smallest absolute Gasteiger partial charge is 0.342 e. The van der Waals surface area contributed by atoms with Crippen molar-refractivity contribution in [3.05, 3.63) is 0 Å². The zero-order valence-corrected chi connectivity index (χ0v) is 12.0. The van der Waals surface area contributed by atoms with Crippen molar-refractivity contribution in [1.29, 1.82) is 0 Å². The van der Waals surface area contributed by atoms with Crippen molar-refractivity contribution in [2.24, 2.45) is 0 Å². The molecule has 0 aromatic heterocycles. The molecule has 101 valence electrons. The third-order valence-corrected chi connectivity index (χ3v) is 3.54. The van der Waals surface area contributed by atoms with Crippen LogP contribution in [0.25, 0.3) is 0 Å². The molecule has 0 aliphatic heterocycles. The minimum atomic E-state index is 0.234. The molecule has 0 N–H and O–H groups in total. The van der Waals surface area contributed by atoms with Gasteiger partial charge in [0.15, 0.2) is 0 Å². The molecule has 0 spiro atoms. The van der Waals surface area contributed by atoms with E-state index in [-0.39, 0.29) is 5.82 Å². The Hall–Kier alpha value is -0.00506. The van der Waals surface area contributed by atoms with Crippen molar-refractivity contribution >= 4 is 7.56 Å². The van der Waals surface area contributed by atoms with Gasteiger partial charge in [-0.1, -0.05) is 90.9 Å². The van der Waals surface area contributed by atoms with Gasteiger partial charge < -0.3 is 4.32 Å². The second kappa shape index (κ2) is 14.1. The van der Waals surface area contributed by atoms with Gasteiger partial charge >= 0.3 is 7.56 Å². The molecule has 0 rings (SSSR count). The lowest BCUT2D eigenvalue weighted by atomic mass is 9.75. The van der Waals surface area contributed by atoms with Gasteiger partial charge in [0.05, 0.1) is 0 Å². The monoisotopic (exact) mass is 241 g/mol. The summed E-state index contributed by atoms with van der Waals surface area (Å²) in [6.45, 7) is 4.46. The van der Waals surface area contributed by atoms with Crippen LogP contribution in [0.3, 0.4) is 0 Å². The van der Waals surface area contributed by atoms with E-state index in [1.54, 1.807) is 0 Å². The molecule has 0 saturated heterocycles. The van der Waals surface area contributed by atoms with Gasteiger partial charge in [0.1, 0.15) is 0 Å². The van der Waals surface area contributed by atoms with Crippen molar-refractivity contribution in [3.8, 4) is 0 Å². The Kier molecular flexibility index (Phi) is 14.1. The summed E-state index contributed by atoms with van der Waals surface area (Å²) in [7, 11) is 0.944. The van der Waals surface area contributed by atoms with Gasteiger partial charge in [-0.05, 0) is 5.82 Å². The summed E-state index contributed by atoms with van der Waals surface area (Å²) in [6.07, 6.45) is 15.0. The molecule has 0 aliphatic carbocycles. The van der Waals surface area contributed by atoms with Gasteiger partial charge in [-0.2, -0.15) is 0 Å². The summed E-state index contributed by atoms with van der Waals surface area (Å²) in [6, 6.07) is 0. The van der Waals surface area contributed by atoms with Crippen LogP contribution in [0, 0.1) is 0 Å². The number of halogens is 1. The fourth-order valence-electron chi connectivity index (χ4n) is 2.29.